The second-order valence-electron chi connectivity index (χ2n) is 17.4. The number of aliphatic hydroxyl groups is 2. The number of rotatable bonds is 17. The fraction of sp³-hybridized carbons (Fsp3) is 0.212. The van der Waals surface area contributed by atoms with Crippen LogP contribution in [0.5, 0.6) is 28.7 Å². The van der Waals surface area contributed by atoms with E-state index >= 15 is 13.2 Å². The molecule has 0 heterocycles. The Kier molecular flexibility index (Phi) is 16.3. The van der Waals surface area contributed by atoms with Crippen LogP contribution in [0.3, 0.4) is 0 Å². The number of carbonyl (C=O) groups excluding carboxylic acids is 4. The molecular weight excluding hydrogens is 1110 g/mol. The number of hydrogen-bond acceptors (Lipinski definition) is 11. The van der Waals surface area contributed by atoms with Crippen LogP contribution < -0.4 is 24.8 Å². The molecule has 0 bridgehead atoms. The standard InChI is InChI=1S/C52H35F15N2O11/c1-25(71)39-22-37(13-15-41(39)78-24-70)80-35-10-6-29(7-11-35)45(2,48(53,54)55)28-4-8-34(9-5-28)79-36-12-14-38(44(74)75)40(23-36)43(73)69-33-19-27(17-31(21-33)47(77,51(62,63)64)52(65,66)67)42(72)26-16-30(20-32(18-26)68-3)46(76,49(56,57)58)50(59,60)61/h4-24,68,76-77H,1-3H3,(H,69,73)(H,74,75). The van der Waals surface area contributed by atoms with Crippen LogP contribution in [0.1, 0.15) is 83.1 Å². The third kappa shape index (κ3) is 11.6. The molecule has 13 nitrogen and oxygen atoms in total. The third-order valence-electron chi connectivity index (χ3n) is 12.3. The Morgan fingerprint density at radius 2 is 0.887 bits per heavy atom. The highest BCUT2D eigenvalue weighted by Crippen LogP contribution is 2.53. The van der Waals surface area contributed by atoms with Gasteiger partial charge in [-0.2, -0.15) is 65.9 Å². The highest BCUT2D eigenvalue weighted by molar-refractivity contribution is 6.13. The van der Waals surface area contributed by atoms with Gasteiger partial charge in [0.15, 0.2) is 11.6 Å². The number of hydrogen-bond donors (Lipinski definition) is 5. The summed E-state index contributed by atoms with van der Waals surface area (Å²) in [6.45, 7) is 2.12. The van der Waals surface area contributed by atoms with Gasteiger partial charge in [-0.05, 0) is 122 Å². The van der Waals surface area contributed by atoms with E-state index in [9.17, 15) is 92.0 Å². The second-order valence-corrected chi connectivity index (χ2v) is 17.4. The topological polar surface area (TPSA) is 198 Å². The quantitative estimate of drug-likeness (QED) is 0.0330. The molecule has 28 heteroatoms. The molecule has 6 aromatic rings. The number of carboxylic acid groups (broad SMARTS) is 1. The minimum atomic E-state index is -6.73. The molecule has 0 aliphatic rings. The molecule has 1 unspecified atom stereocenters. The molecule has 0 saturated carbocycles. The smallest absolute Gasteiger partial charge is 0.430 e. The average molecular weight is 1150 g/mol. The summed E-state index contributed by atoms with van der Waals surface area (Å²) in [7, 11) is 0.886. The molecule has 0 aliphatic heterocycles. The van der Waals surface area contributed by atoms with Crippen LogP contribution in [0.2, 0.25) is 0 Å². The van der Waals surface area contributed by atoms with E-state index in [2.05, 4.69) is 5.32 Å². The summed E-state index contributed by atoms with van der Waals surface area (Å²) in [6, 6.07) is 14.7. The Bertz CT molecular complexity index is 3340. The van der Waals surface area contributed by atoms with Crippen molar-refractivity contribution in [1.82, 2.24) is 0 Å². The second kappa shape index (κ2) is 21.5. The number of nitrogens with one attached hydrogen (secondary N) is 2. The predicted octanol–water partition coefficient (Wildman–Crippen LogP) is 12.7. The van der Waals surface area contributed by atoms with Gasteiger partial charge >= 0.3 is 36.9 Å². The summed E-state index contributed by atoms with van der Waals surface area (Å²) < 4.78 is 230. The van der Waals surface area contributed by atoms with Gasteiger partial charge in [0.2, 0.25) is 0 Å². The Morgan fingerprint density at radius 3 is 1.27 bits per heavy atom. The summed E-state index contributed by atoms with van der Waals surface area (Å²) in [5.41, 5.74) is -26.6. The minimum absolute atomic E-state index is 0.0249. The van der Waals surface area contributed by atoms with E-state index in [4.69, 9.17) is 14.2 Å². The monoisotopic (exact) mass is 1150 g/mol. The summed E-state index contributed by atoms with van der Waals surface area (Å²) in [5.74, 6) is -6.88. The van der Waals surface area contributed by atoms with Gasteiger partial charge in [0.25, 0.3) is 23.6 Å². The fourth-order valence-corrected chi connectivity index (χ4v) is 7.94. The number of alkyl halides is 15. The summed E-state index contributed by atoms with van der Waals surface area (Å²) in [6.07, 6.45) is -31.6. The number of benzene rings is 6. The van der Waals surface area contributed by atoms with Gasteiger partial charge in [-0.25, -0.2) is 4.79 Å². The lowest BCUT2D eigenvalue weighted by Crippen LogP contribution is -2.54. The summed E-state index contributed by atoms with van der Waals surface area (Å²) >= 11 is 0. The van der Waals surface area contributed by atoms with E-state index in [-0.39, 0.29) is 76.5 Å². The average Bonchev–Trinajstić information content (AvgIpc) is 3.55. The number of anilines is 2. The SMILES string of the molecule is CNc1cc(C(=O)c2cc(NC(=O)c3cc(Oc4ccc(C(C)(c5ccc(Oc6ccc(OC=O)c(C(C)=O)c6)cc5)C(F)(F)F)cc4)ccc3C(=O)O)cc(C(O)(C(F)(F)F)C(F)(F)F)c2)cc(C(O)(C(F)(F)F)C(F)(F)F)c1. The summed E-state index contributed by atoms with van der Waals surface area (Å²) in [4.78, 5) is 62.9. The normalized spacial score (nSPS) is 13.4. The van der Waals surface area contributed by atoms with Crippen molar-refractivity contribution in [2.24, 2.45) is 0 Å². The highest BCUT2D eigenvalue weighted by atomic mass is 19.4. The zero-order valence-electron chi connectivity index (χ0n) is 40.4. The number of carbonyl (C=O) groups is 5. The largest absolute Gasteiger partial charge is 0.478 e. The van der Waals surface area contributed by atoms with Gasteiger partial charge in [-0.3, -0.25) is 19.2 Å². The maximum atomic E-state index is 15.0. The molecule has 424 valence electrons. The molecule has 0 spiro atoms. The zero-order chi connectivity index (χ0) is 59.9. The van der Waals surface area contributed by atoms with Crippen molar-refractivity contribution in [3.8, 4) is 28.7 Å². The molecule has 0 aromatic heterocycles. The molecule has 0 fully saturated rings. The van der Waals surface area contributed by atoms with Crippen molar-refractivity contribution in [3.63, 3.8) is 0 Å². The van der Waals surface area contributed by atoms with Crippen LogP contribution in [-0.2, 0) is 21.4 Å². The van der Waals surface area contributed by atoms with Crippen LogP contribution in [0.25, 0.3) is 0 Å². The van der Waals surface area contributed by atoms with Crippen LogP contribution in [0.4, 0.5) is 77.2 Å². The number of ether oxygens (including phenoxy) is 3. The van der Waals surface area contributed by atoms with Crippen LogP contribution in [0, 0.1) is 0 Å². The van der Waals surface area contributed by atoms with Crippen molar-refractivity contribution < 1.29 is 119 Å². The van der Waals surface area contributed by atoms with Crippen molar-refractivity contribution >= 4 is 41.3 Å². The third-order valence-corrected chi connectivity index (χ3v) is 12.3. The Morgan fingerprint density at radius 1 is 0.487 bits per heavy atom. The number of Topliss-reactive ketones (excluding diaryl/α,β-unsaturated/α-hetero) is 1. The number of aromatic carboxylic acids is 1. The van der Waals surface area contributed by atoms with Gasteiger partial charge in [0.05, 0.1) is 16.7 Å². The molecule has 6 aromatic carbocycles. The molecule has 5 N–H and O–H groups in total. The van der Waals surface area contributed by atoms with E-state index < -0.39 is 121 Å². The lowest BCUT2D eigenvalue weighted by molar-refractivity contribution is -0.376. The number of halogens is 15. The van der Waals surface area contributed by atoms with E-state index in [0.717, 1.165) is 56.4 Å². The van der Waals surface area contributed by atoms with Crippen molar-refractivity contribution in [2.45, 2.75) is 61.3 Å². The van der Waals surface area contributed by atoms with Crippen LogP contribution in [0.15, 0.2) is 121 Å². The first-order valence-corrected chi connectivity index (χ1v) is 22.1. The molecule has 0 aliphatic carbocycles. The first-order chi connectivity index (χ1) is 36.8. The lowest BCUT2D eigenvalue weighted by atomic mass is 9.75. The van der Waals surface area contributed by atoms with E-state index in [1.807, 2.05) is 0 Å². The molecular formula is C52H35F15N2O11. The van der Waals surface area contributed by atoms with Gasteiger partial charge in [0.1, 0.15) is 34.2 Å². The Balaban J connectivity index is 1.35. The van der Waals surface area contributed by atoms with E-state index in [0.29, 0.717) is 18.2 Å². The number of ketones is 2. The van der Waals surface area contributed by atoms with E-state index in [1.54, 1.807) is 5.32 Å². The van der Waals surface area contributed by atoms with Crippen molar-refractivity contribution in [1.29, 1.82) is 0 Å². The van der Waals surface area contributed by atoms with Gasteiger partial charge < -0.3 is 40.2 Å². The fourth-order valence-electron chi connectivity index (χ4n) is 7.94. The molecule has 0 saturated heterocycles. The maximum absolute atomic E-state index is 15.0. The van der Waals surface area contributed by atoms with Crippen LogP contribution >= 0.6 is 0 Å². The van der Waals surface area contributed by atoms with E-state index in [1.165, 1.54) is 37.3 Å². The first kappa shape index (κ1) is 60.6. The number of amides is 1. The molecule has 80 heavy (non-hydrogen) atoms. The lowest BCUT2D eigenvalue weighted by Gasteiger charge is -2.33. The predicted molar refractivity (Wildman–Crippen MR) is 248 cm³/mol. The zero-order valence-corrected chi connectivity index (χ0v) is 40.4. The maximum Gasteiger partial charge on any atom is 0.430 e. The highest BCUT2D eigenvalue weighted by Gasteiger charge is 2.72. The minimum Gasteiger partial charge on any atom is -0.478 e. The summed E-state index contributed by atoms with van der Waals surface area (Å²) in [5, 5.41) is 34.1. The molecule has 1 amide bonds. The van der Waals surface area contributed by atoms with Gasteiger partial charge in [0, 0.05) is 40.7 Å². The van der Waals surface area contributed by atoms with Crippen molar-refractivity contribution in [2.75, 3.05) is 17.7 Å². The van der Waals surface area contributed by atoms with Crippen molar-refractivity contribution in [3.05, 3.63) is 171 Å². The van der Waals surface area contributed by atoms with Crippen LogP contribution in [-0.4, -0.2) is 83.2 Å². The molecule has 6 rings (SSSR count). The Hall–Kier alpha value is -8.66. The van der Waals surface area contributed by atoms with Gasteiger partial charge in [-0.1, -0.05) is 24.3 Å². The number of carboxylic acids is 1. The first-order valence-electron chi connectivity index (χ1n) is 22.1. The molecule has 0 radical (unpaired) electrons. The van der Waals surface area contributed by atoms with Gasteiger partial charge in [-0.15, -0.1) is 0 Å². The Labute approximate surface area is 439 Å². The molecule has 1 atom stereocenters.